The Morgan fingerprint density at radius 2 is 1.94 bits per heavy atom. The van der Waals surface area contributed by atoms with Crippen LogP contribution in [0, 0.1) is 25.5 Å². The summed E-state index contributed by atoms with van der Waals surface area (Å²) in [6.07, 6.45) is 0. The molecule has 0 N–H and O–H groups in total. The maximum atomic E-state index is 14.0. The third-order valence-electron chi connectivity index (χ3n) is 2.77. The van der Waals surface area contributed by atoms with Gasteiger partial charge in [0.2, 0.25) is 0 Å². The van der Waals surface area contributed by atoms with Gasteiger partial charge in [0.05, 0.1) is 9.16 Å². The van der Waals surface area contributed by atoms with Crippen LogP contribution in [0.15, 0.2) is 22.0 Å². The molecule has 1 atom stereocenters. The van der Waals surface area contributed by atoms with Gasteiger partial charge in [0.1, 0.15) is 11.6 Å². The van der Waals surface area contributed by atoms with Crippen LogP contribution < -0.4 is 0 Å². The van der Waals surface area contributed by atoms with Gasteiger partial charge < -0.3 is 0 Å². The minimum absolute atomic E-state index is 0.0786. The maximum Gasteiger partial charge on any atom is 0.134 e. The second-order valence-electron chi connectivity index (χ2n) is 4.02. The van der Waals surface area contributed by atoms with Crippen LogP contribution >= 0.6 is 38.9 Å². The van der Waals surface area contributed by atoms with Crippen LogP contribution in [0.1, 0.15) is 26.9 Å². The summed E-state index contributed by atoms with van der Waals surface area (Å²) in [5.41, 5.74) is 1.05. The Hall–Kier alpha value is -0.450. The van der Waals surface area contributed by atoms with E-state index >= 15 is 0 Å². The first-order valence-corrected chi connectivity index (χ1v) is 7.30. The first kappa shape index (κ1) is 14.0. The molecular weight excluding hydrogens is 342 g/mol. The Kier molecular flexibility index (Phi) is 4.09. The molecule has 2 aromatic rings. The van der Waals surface area contributed by atoms with Crippen molar-refractivity contribution in [2.45, 2.75) is 19.2 Å². The lowest BCUT2D eigenvalue weighted by molar-refractivity contribution is 0.553. The highest BCUT2D eigenvalue weighted by molar-refractivity contribution is 9.11. The van der Waals surface area contributed by atoms with Crippen LogP contribution in [0.5, 0.6) is 0 Å². The van der Waals surface area contributed by atoms with Gasteiger partial charge in [0.25, 0.3) is 0 Å². The Balaban J connectivity index is 2.56. The highest BCUT2D eigenvalue weighted by Gasteiger charge is 2.23. The fourth-order valence-corrected chi connectivity index (χ4v) is 4.02. The van der Waals surface area contributed by atoms with Gasteiger partial charge in [-0.05, 0) is 53.0 Å². The van der Waals surface area contributed by atoms with Crippen LogP contribution in [0.25, 0.3) is 0 Å². The van der Waals surface area contributed by atoms with Crippen molar-refractivity contribution in [2.75, 3.05) is 0 Å². The van der Waals surface area contributed by atoms with Crippen molar-refractivity contribution < 1.29 is 8.78 Å². The summed E-state index contributed by atoms with van der Waals surface area (Å²) in [6, 6.07) is 4.47. The second-order valence-corrected chi connectivity index (χ2v) is 7.09. The zero-order chi connectivity index (χ0) is 13.4. The van der Waals surface area contributed by atoms with E-state index in [1.165, 1.54) is 23.5 Å². The van der Waals surface area contributed by atoms with E-state index in [-0.39, 0.29) is 5.56 Å². The second kappa shape index (κ2) is 5.27. The number of thiophene rings is 1. The summed E-state index contributed by atoms with van der Waals surface area (Å²) in [5, 5.41) is -0.813. The van der Waals surface area contributed by atoms with Crippen molar-refractivity contribution in [1.82, 2.24) is 0 Å². The number of hydrogen-bond donors (Lipinski definition) is 0. The van der Waals surface area contributed by atoms with Crippen molar-refractivity contribution in [3.8, 4) is 0 Å². The summed E-state index contributed by atoms with van der Waals surface area (Å²) in [4.78, 5) is 0.946. The van der Waals surface area contributed by atoms with Gasteiger partial charge in [0, 0.05) is 10.4 Å². The summed E-state index contributed by atoms with van der Waals surface area (Å²) in [6.45, 7) is 3.48. The molecule has 0 saturated carbocycles. The van der Waals surface area contributed by atoms with Crippen LogP contribution in [0.3, 0.4) is 0 Å². The van der Waals surface area contributed by atoms with Gasteiger partial charge in [-0.2, -0.15) is 0 Å². The molecule has 0 aliphatic heterocycles. The lowest BCUT2D eigenvalue weighted by Crippen LogP contribution is -2.03. The van der Waals surface area contributed by atoms with Crippen LogP contribution in [0.4, 0.5) is 8.78 Å². The van der Waals surface area contributed by atoms with E-state index in [0.29, 0.717) is 5.56 Å². The summed E-state index contributed by atoms with van der Waals surface area (Å²) in [5.74, 6) is -1.18. The number of halogens is 4. The predicted molar refractivity (Wildman–Crippen MR) is 75.5 cm³/mol. The average molecular weight is 352 g/mol. The molecule has 0 aliphatic rings. The van der Waals surface area contributed by atoms with E-state index in [0.717, 1.165) is 14.2 Å². The molecule has 1 heterocycles. The van der Waals surface area contributed by atoms with E-state index in [1.807, 2.05) is 6.92 Å². The van der Waals surface area contributed by atoms with Crippen molar-refractivity contribution in [3.05, 3.63) is 55.2 Å². The third-order valence-corrected chi connectivity index (χ3v) is 4.79. The molecule has 0 bridgehead atoms. The Labute approximate surface area is 122 Å². The van der Waals surface area contributed by atoms with Crippen LogP contribution in [-0.4, -0.2) is 0 Å². The van der Waals surface area contributed by atoms with Crippen molar-refractivity contribution >= 4 is 38.9 Å². The largest absolute Gasteiger partial charge is 0.207 e. The lowest BCUT2D eigenvalue weighted by Gasteiger charge is -2.13. The van der Waals surface area contributed by atoms with Gasteiger partial charge in [-0.3, -0.25) is 0 Å². The molecule has 0 radical (unpaired) electrons. The average Bonchev–Trinajstić information content (AvgIpc) is 2.63. The molecule has 18 heavy (non-hydrogen) atoms. The van der Waals surface area contributed by atoms with Crippen LogP contribution in [0.2, 0.25) is 0 Å². The van der Waals surface area contributed by atoms with Crippen LogP contribution in [-0.2, 0) is 0 Å². The smallest absolute Gasteiger partial charge is 0.134 e. The molecule has 2 rings (SSSR count). The van der Waals surface area contributed by atoms with Gasteiger partial charge >= 0.3 is 0 Å². The molecule has 0 amide bonds. The fourth-order valence-electron chi connectivity index (χ4n) is 1.78. The monoisotopic (exact) mass is 350 g/mol. The van der Waals surface area contributed by atoms with Gasteiger partial charge in [0.15, 0.2) is 0 Å². The molecule has 0 nitrogen and oxygen atoms in total. The number of rotatable bonds is 2. The molecule has 96 valence electrons. The molecule has 1 aromatic heterocycles. The number of aryl methyl sites for hydroxylation is 2. The fraction of sp³-hybridized carbons (Fsp3) is 0.231. The Morgan fingerprint density at radius 1 is 1.28 bits per heavy atom. The SMILES string of the molecule is Cc1ccc(F)c(C(Cl)c2cc(Br)sc2C)c1F. The van der Waals surface area contributed by atoms with E-state index < -0.39 is 17.0 Å². The minimum Gasteiger partial charge on any atom is -0.207 e. The van der Waals surface area contributed by atoms with Gasteiger partial charge in [-0.15, -0.1) is 22.9 Å². The molecule has 1 unspecified atom stereocenters. The molecular formula is C13H10BrClF2S. The third kappa shape index (κ3) is 2.46. The van der Waals surface area contributed by atoms with E-state index in [2.05, 4.69) is 15.9 Å². The molecule has 0 aliphatic carbocycles. The number of benzene rings is 1. The van der Waals surface area contributed by atoms with Gasteiger partial charge in [-0.25, -0.2) is 8.78 Å². The zero-order valence-electron chi connectivity index (χ0n) is 9.73. The zero-order valence-corrected chi connectivity index (χ0v) is 12.9. The Morgan fingerprint density at radius 3 is 2.50 bits per heavy atom. The highest BCUT2D eigenvalue weighted by atomic mass is 79.9. The van der Waals surface area contributed by atoms with Crippen molar-refractivity contribution in [2.24, 2.45) is 0 Å². The summed E-state index contributed by atoms with van der Waals surface area (Å²) < 4.78 is 28.7. The molecule has 0 fully saturated rings. The number of hydrogen-bond acceptors (Lipinski definition) is 1. The number of alkyl halides is 1. The van der Waals surface area contributed by atoms with Crippen molar-refractivity contribution in [3.63, 3.8) is 0 Å². The molecule has 0 spiro atoms. The van der Waals surface area contributed by atoms with E-state index in [4.69, 9.17) is 11.6 Å². The normalized spacial score (nSPS) is 12.8. The van der Waals surface area contributed by atoms with Gasteiger partial charge in [-0.1, -0.05) is 6.07 Å². The summed E-state index contributed by atoms with van der Waals surface area (Å²) >= 11 is 11.1. The Bertz CT molecular complexity index is 595. The van der Waals surface area contributed by atoms with E-state index in [1.54, 1.807) is 13.0 Å². The van der Waals surface area contributed by atoms with Crippen molar-refractivity contribution in [1.29, 1.82) is 0 Å². The first-order chi connectivity index (χ1) is 8.41. The quantitative estimate of drug-likeness (QED) is 0.606. The molecule has 1 aromatic carbocycles. The standard InChI is InChI=1S/C13H10BrClF2S/c1-6-3-4-9(16)11(13(6)17)12(15)8-5-10(14)18-7(8)2/h3-5,12H,1-2H3. The maximum absolute atomic E-state index is 14.0. The molecule has 5 heteroatoms. The molecule has 0 saturated heterocycles. The topological polar surface area (TPSA) is 0 Å². The van der Waals surface area contributed by atoms with E-state index in [9.17, 15) is 8.78 Å². The highest BCUT2D eigenvalue weighted by Crippen LogP contribution is 2.39. The predicted octanol–water partition coefficient (Wildman–Crippen LogP) is 5.73. The minimum atomic E-state index is -0.813. The summed E-state index contributed by atoms with van der Waals surface area (Å²) in [7, 11) is 0. The first-order valence-electron chi connectivity index (χ1n) is 5.26. The lowest BCUT2D eigenvalue weighted by atomic mass is 10.0.